The molecule has 0 atom stereocenters. The summed E-state index contributed by atoms with van der Waals surface area (Å²) in [6.07, 6.45) is 3.30. The fourth-order valence-corrected chi connectivity index (χ4v) is 3.42. The molecule has 3 N–H and O–H groups in total. The van der Waals surface area contributed by atoms with Crippen LogP contribution < -0.4 is 10.6 Å². The summed E-state index contributed by atoms with van der Waals surface area (Å²) < 4.78 is 5.77. The molecule has 1 saturated carbocycles. The Kier molecular flexibility index (Phi) is 5.39. The van der Waals surface area contributed by atoms with Crippen LogP contribution in [0.4, 0.5) is 10.5 Å². The van der Waals surface area contributed by atoms with Gasteiger partial charge in [0.1, 0.15) is 5.52 Å². The highest BCUT2D eigenvalue weighted by Crippen LogP contribution is 2.26. The Labute approximate surface area is 158 Å². The molecule has 2 aromatic rings. The van der Waals surface area contributed by atoms with Gasteiger partial charge in [0.15, 0.2) is 11.5 Å². The van der Waals surface area contributed by atoms with E-state index in [-0.39, 0.29) is 23.4 Å². The van der Waals surface area contributed by atoms with Crippen molar-refractivity contribution in [3.8, 4) is 0 Å². The van der Waals surface area contributed by atoms with Crippen molar-refractivity contribution in [2.24, 2.45) is 11.3 Å². The number of urea groups is 1. The van der Waals surface area contributed by atoms with Crippen LogP contribution in [0.1, 0.15) is 52.3 Å². The minimum absolute atomic E-state index is 0.00905. The van der Waals surface area contributed by atoms with E-state index in [1.165, 1.54) is 0 Å². The summed E-state index contributed by atoms with van der Waals surface area (Å²) in [6.45, 7) is 6.38. The number of fused-ring (bicyclic) bond motifs is 1. The highest BCUT2D eigenvalue weighted by atomic mass is 16.4. The van der Waals surface area contributed by atoms with Gasteiger partial charge >= 0.3 is 12.0 Å². The molecule has 7 nitrogen and oxygen atoms in total. The Morgan fingerprint density at radius 2 is 1.93 bits per heavy atom. The number of carboxylic acids is 1. The van der Waals surface area contributed by atoms with Gasteiger partial charge in [-0.15, -0.1) is 0 Å². The molecule has 3 rings (SSSR count). The summed E-state index contributed by atoms with van der Waals surface area (Å²) in [5.41, 5.74) is 2.15. The van der Waals surface area contributed by atoms with Crippen LogP contribution in [0.3, 0.4) is 0 Å². The van der Waals surface area contributed by atoms with Crippen molar-refractivity contribution in [3.05, 3.63) is 24.1 Å². The number of hydrogen-bond acceptors (Lipinski definition) is 4. The summed E-state index contributed by atoms with van der Waals surface area (Å²) in [5.74, 6) is -0.345. The molecule has 0 spiro atoms. The van der Waals surface area contributed by atoms with Crippen molar-refractivity contribution in [2.45, 2.75) is 58.9 Å². The first-order valence-corrected chi connectivity index (χ1v) is 9.39. The van der Waals surface area contributed by atoms with E-state index in [0.717, 1.165) is 6.42 Å². The molecule has 1 aromatic heterocycles. The number of amides is 2. The molecular formula is C20H27N3O4. The van der Waals surface area contributed by atoms with E-state index in [1.807, 2.05) is 6.07 Å². The molecule has 1 aliphatic carbocycles. The highest BCUT2D eigenvalue weighted by Gasteiger charge is 2.26. The predicted octanol–water partition coefficient (Wildman–Crippen LogP) is 4.18. The number of rotatable bonds is 4. The Morgan fingerprint density at radius 1 is 1.22 bits per heavy atom. The number of nitrogens with zero attached hydrogens (tertiary/aromatic N) is 1. The van der Waals surface area contributed by atoms with Crippen LogP contribution in [-0.2, 0) is 11.2 Å². The zero-order valence-corrected chi connectivity index (χ0v) is 16.0. The maximum atomic E-state index is 12.2. The quantitative estimate of drug-likeness (QED) is 0.746. The Balaban J connectivity index is 1.58. The lowest BCUT2D eigenvalue weighted by Gasteiger charge is -2.26. The molecule has 0 unspecified atom stereocenters. The maximum absolute atomic E-state index is 12.2. The molecule has 0 bridgehead atoms. The third-order valence-electron chi connectivity index (χ3n) is 4.78. The van der Waals surface area contributed by atoms with Gasteiger partial charge in [0.25, 0.3) is 0 Å². The number of carboxylic acid groups (broad SMARTS) is 1. The lowest BCUT2D eigenvalue weighted by Crippen LogP contribution is -2.40. The van der Waals surface area contributed by atoms with Gasteiger partial charge in [-0.1, -0.05) is 20.8 Å². The number of carbonyl (C=O) groups excluding carboxylic acids is 1. The second-order valence-corrected chi connectivity index (χ2v) is 8.51. The molecule has 1 heterocycles. The van der Waals surface area contributed by atoms with E-state index in [9.17, 15) is 9.59 Å². The van der Waals surface area contributed by atoms with Crippen molar-refractivity contribution in [2.75, 3.05) is 5.32 Å². The van der Waals surface area contributed by atoms with Crippen LogP contribution in [0.25, 0.3) is 11.1 Å². The van der Waals surface area contributed by atoms with Gasteiger partial charge in [-0.05, 0) is 49.3 Å². The largest absolute Gasteiger partial charge is 0.481 e. The highest BCUT2D eigenvalue weighted by molar-refractivity contribution is 5.91. The number of carbonyl (C=O) groups is 2. The van der Waals surface area contributed by atoms with Crippen molar-refractivity contribution >= 4 is 28.8 Å². The zero-order valence-electron chi connectivity index (χ0n) is 16.0. The number of benzene rings is 1. The molecule has 146 valence electrons. The number of aromatic nitrogens is 1. The third kappa shape index (κ3) is 5.21. The van der Waals surface area contributed by atoms with Crippen LogP contribution in [0, 0.1) is 11.3 Å². The van der Waals surface area contributed by atoms with Gasteiger partial charge in [0, 0.05) is 18.2 Å². The average Bonchev–Trinajstić information content (AvgIpc) is 2.94. The molecule has 7 heteroatoms. The zero-order chi connectivity index (χ0) is 19.6. The van der Waals surface area contributed by atoms with E-state index in [1.54, 1.807) is 12.1 Å². The minimum atomic E-state index is -0.746. The lowest BCUT2D eigenvalue weighted by atomic mass is 9.86. The third-order valence-corrected chi connectivity index (χ3v) is 4.78. The molecule has 1 fully saturated rings. The standard InChI is InChI=1S/C20H27N3O4/c1-20(2,3)11-17-23-15-10-14(8-9-16(15)27-17)22-19(26)21-13-6-4-12(5-7-13)18(24)25/h8-10,12-13H,4-7,11H2,1-3H3,(H,24,25)(H2,21,22,26). The Morgan fingerprint density at radius 3 is 2.56 bits per heavy atom. The van der Waals surface area contributed by atoms with E-state index in [2.05, 4.69) is 36.4 Å². The first-order valence-electron chi connectivity index (χ1n) is 9.39. The van der Waals surface area contributed by atoms with E-state index in [0.29, 0.717) is 48.4 Å². The second kappa shape index (κ2) is 7.58. The SMILES string of the molecule is CC(C)(C)Cc1nc2cc(NC(=O)NC3CCC(C(=O)O)CC3)ccc2o1. The van der Waals surface area contributed by atoms with Crippen LogP contribution in [0.15, 0.2) is 22.6 Å². The number of hydrogen-bond donors (Lipinski definition) is 3. The normalized spacial score (nSPS) is 20.4. The Bertz CT molecular complexity index is 829. The summed E-state index contributed by atoms with van der Waals surface area (Å²) in [7, 11) is 0. The van der Waals surface area contributed by atoms with Crippen LogP contribution in [-0.4, -0.2) is 28.1 Å². The summed E-state index contributed by atoms with van der Waals surface area (Å²) in [4.78, 5) is 27.8. The first kappa shape index (κ1) is 19.2. The minimum Gasteiger partial charge on any atom is -0.481 e. The van der Waals surface area contributed by atoms with E-state index in [4.69, 9.17) is 9.52 Å². The average molecular weight is 373 g/mol. The van der Waals surface area contributed by atoms with Gasteiger partial charge in [-0.3, -0.25) is 4.79 Å². The molecule has 1 aromatic carbocycles. The smallest absolute Gasteiger partial charge is 0.319 e. The van der Waals surface area contributed by atoms with Crippen molar-refractivity contribution in [1.82, 2.24) is 10.3 Å². The summed E-state index contributed by atoms with van der Waals surface area (Å²) in [5, 5.41) is 14.8. The number of anilines is 1. The topological polar surface area (TPSA) is 104 Å². The molecule has 1 aliphatic rings. The second-order valence-electron chi connectivity index (χ2n) is 8.51. The molecule has 0 saturated heterocycles. The van der Waals surface area contributed by atoms with Gasteiger partial charge < -0.3 is 20.2 Å². The molecule has 0 radical (unpaired) electrons. The fourth-order valence-electron chi connectivity index (χ4n) is 3.42. The number of oxazole rings is 1. The van der Waals surface area contributed by atoms with E-state index >= 15 is 0 Å². The predicted molar refractivity (Wildman–Crippen MR) is 103 cm³/mol. The lowest BCUT2D eigenvalue weighted by molar-refractivity contribution is -0.142. The molecule has 0 aliphatic heterocycles. The van der Waals surface area contributed by atoms with Crippen molar-refractivity contribution in [3.63, 3.8) is 0 Å². The molecule has 27 heavy (non-hydrogen) atoms. The van der Waals surface area contributed by atoms with Gasteiger partial charge in [-0.2, -0.15) is 0 Å². The Hall–Kier alpha value is -2.57. The monoisotopic (exact) mass is 373 g/mol. The summed E-state index contributed by atoms with van der Waals surface area (Å²) >= 11 is 0. The van der Waals surface area contributed by atoms with E-state index < -0.39 is 5.97 Å². The van der Waals surface area contributed by atoms with Crippen molar-refractivity contribution < 1.29 is 19.1 Å². The van der Waals surface area contributed by atoms with Gasteiger partial charge in [-0.25, -0.2) is 9.78 Å². The molecular weight excluding hydrogens is 346 g/mol. The maximum Gasteiger partial charge on any atom is 0.319 e. The number of aliphatic carboxylic acids is 1. The first-order chi connectivity index (χ1) is 12.7. The van der Waals surface area contributed by atoms with Crippen LogP contribution >= 0.6 is 0 Å². The van der Waals surface area contributed by atoms with Gasteiger partial charge in [0.2, 0.25) is 0 Å². The fraction of sp³-hybridized carbons (Fsp3) is 0.550. The molecule has 2 amide bonds. The van der Waals surface area contributed by atoms with Crippen LogP contribution in [0.5, 0.6) is 0 Å². The summed E-state index contributed by atoms with van der Waals surface area (Å²) in [6, 6.07) is 5.12. The number of nitrogens with one attached hydrogen (secondary N) is 2. The van der Waals surface area contributed by atoms with Crippen LogP contribution in [0.2, 0.25) is 0 Å². The van der Waals surface area contributed by atoms with Crippen molar-refractivity contribution in [1.29, 1.82) is 0 Å². The van der Waals surface area contributed by atoms with Gasteiger partial charge in [0.05, 0.1) is 5.92 Å².